The average Bonchev–Trinajstić information content (AvgIpc) is 3.46. The maximum atomic E-state index is 13.4. The van der Waals surface area contributed by atoms with Crippen molar-refractivity contribution in [1.82, 2.24) is 5.32 Å². The van der Waals surface area contributed by atoms with Gasteiger partial charge in [0.25, 0.3) is 0 Å². The normalized spacial score (nSPS) is 19.6. The van der Waals surface area contributed by atoms with Crippen molar-refractivity contribution in [3.8, 4) is 0 Å². The molecule has 1 heterocycles. The van der Waals surface area contributed by atoms with Crippen LogP contribution in [0.15, 0.2) is 109 Å². The summed E-state index contributed by atoms with van der Waals surface area (Å²) in [5.41, 5.74) is 0. The molecule has 0 aliphatic carbocycles. The molecule has 0 aromatic rings. The van der Waals surface area contributed by atoms with Gasteiger partial charge in [0.15, 0.2) is 12.4 Å². The fourth-order valence-corrected chi connectivity index (χ4v) is 9.22. The van der Waals surface area contributed by atoms with Crippen LogP contribution in [-0.4, -0.2) is 99.6 Å². The van der Waals surface area contributed by atoms with Gasteiger partial charge in [-0.05, 0) is 103 Å². The first-order valence-corrected chi connectivity index (χ1v) is 31.7. The van der Waals surface area contributed by atoms with E-state index in [1.54, 1.807) is 6.08 Å². The van der Waals surface area contributed by atoms with Crippen LogP contribution in [0.3, 0.4) is 0 Å². The minimum atomic E-state index is -1.63. The zero-order valence-electron chi connectivity index (χ0n) is 50.0. The molecule has 0 radical (unpaired) electrons. The number of aliphatic hydroxyl groups is 5. The molecule has 6 N–H and O–H groups in total. The second-order valence-electron chi connectivity index (χ2n) is 21.4. The molecule has 11 nitrogen and oxygen atoms in total. The van der Waals surface area contributed by atoms with Gasteiger partial charge in [-0.15, -0.1) is 0 Å². The summed E-state index contributed by atoms with van der Waals surface area (Å²) in [6, 6.07) is -1.04. The molecule has 11 heteroatoms. The summed E-state index contributed by atoms with van der Waals surface area (Å²) < 4.78 is 17.6. The van der Waals surface area contributed by atoms with Crippen LogP contribution < -0.4 is 5.32 Å². The van der Waals surface area contributed by atoms with Crippen LogP contribution in [0.1, 0.15) is 245 Å². The molecule has 1 saturated heterocycles. The van der Waals surface area contributed by atoms with Crippen LogP contribution in [0.25, 0.3) is 0 Å². The van der Waals surface area contributed by atoms with Crippen molar-refractivity contribution in [2.75, 3.05) is 13.2 Å². The van der Waals surface area contributed by atoms with Crippen LogP contribution in [0.2, 0.25) is 0 Å². The van der Waals surface area contributed by atoms with Crippen molar-refractivity contribution in [2.45, 2.75) is 294 Å². The average molecular weight is 1110 g/mol. The Morgan fingerprint density at radius 1 is 0.506 bits per heavy atom. The highest BCUT2D eigenvalue weighted by atomic mass is 16.7. The Bertz CT molecular complexity index is 1700. The highest BCUT2D eigenvalue weighted by Crippen LogP contribution is 2.26. The van der Waals surface area contributed by atoms with E-state index in [1.165, 1.54) is 51.4 Å². The topological polar surface area (TPSA) is 175 Å². The molecule has 8 unspecified atom stereocenters. The van der Waals surface area contributed by atoms with E-state index in [0.29, 0.717) is 12.8 Å². The van der Waals surface area contributed by atoms with E-state index < -0.39 is 67.4 Å². The van der Waals surface area contributed by atoms with E-state index in [-0.39, 0.29) is 19.4 Å². The third-order valence-electron chi connectivity index (χ3n) is 14.2. The number of amides is 1. The number of esters is 1. The fourth-order valence-electron chi connectivity index (χ4n) is 9.22. The Labute approximate surface area is 481 Å². The fraction of sp³-hybridized carbons (Fsp3) is 0.706. The summed E-state index contributed by atoms with van der Waals surface area (Å²) in [5.74, 6) is -1.22. The lowest BCUT2D eigenvalue weighted by molar-refractivity contribution is -0.305. The van der Waals surface area contributed by atoms with E-state index in [1.807, 2.05) is 6.08 Å². The molecule has 1 amide bonds. The van der Waals surface area contributed by atoms with E-state index in [0.717, 1.165) is 148 Å². The standard InChI is InChI=1S/C68H115NO10/c1-4-7-10-13-16-19-22-25-27-28-29-30-31-32-33-34-35-36-37-40-43-46-49-52-55-61(72)67(76)69-59(60(71)54-51-48-45-42-39-24-21-18-15-12-9-6-3)58-77-68-66(65(75)64(74)62(57-70)78-68)79-63(73)56-53-50-47-44-41-38-26-23-20-17-14-11-8-5-2/h7-8,10-11,16-17,19-20,25,27,29-30,32-33,35-36,51,54,59-62,64-66,68,70-72,74-75H,4-6,9,12-15,18,21-24,26,28,31,34,37-50,52-53,55-58H2,1-3H3,(H,69,76)/b10-7-,11-8+,19-16-,20-17+,27-25-,30-29-,33-32-,36-35-,54-51+. The Hall–Kier alpha value is -3.68. The van der Waals surface area contributed by atoms with Gasteiger partial charge < -0.3 is 45.1 Å². The lowest BCUT2D eigenvalue weighted by Gasteiger charge is -2.41. The molecular weight excluding hydrogens is 991 g/mol. The van der Waals surface area contributed by atoms with Crippen molar-refractivity contribution in [1.29, 1.82) is 0 Å². The summed E-state index contributed by atoms with van der Waals surface area (Å²) in [4.78, 5) is 26.5. The van der Waals surface area contributed by atoms with Crippen molar-refractivity contribution in [3.05, 3.63) is 109 Å². The van der Waals surface area contributed by atoms with Crippen molar-refractivity contribution in [2.24, 2.45) is 0 Å². The molecule has 8 atom stereocenters. The zero-order valence-corrected chi connectivity index (χ0v) is 50.0. The molecule has 0 spiro atoms. The third-order valence-corrected chi connectivity index (χ3v) is 14.2. The lowest BCUT2D eigenvalue weighted by Crippen LogP contribution is -2.61. The second-order valence-corrected chi connectivity index (χ2v) is 21.4. The van der Waals surface area contributed by atoms with Gasteiger partial charge in [-0.1, -0.05) is 246 Å². The van der Waals surface area contributed by atoms with Crippen LogP contribution >= 0.6 is 0 Å². The van der Waals surface area contributed by atoms with Gasteiger partial charge in [-0.3, -0.25) is 9.59 Å². The van der Waals surface area contributed by atoms with Crippen molar-refractivity contribution in [3.63, 3.8) is 0 Å². The van der Waals surface area contributed by atoms with E-state index in [9.17, 15) is 35.1 Å². The van der Waals surface area contributed by atoms with Crippen LogP contribution in [-0.2, 0) is 23.8 Å². The molecule has 1 aliphatic heterocycles. The number of carbonyl (C=O) groups excluding carboxylic acids is 2. The van der Waals surface area contributed by atoms with Crippen molar-refractivity contribution < 1.29 is 49.3 Å². The van der Waals surface area contributed by atoms with Gasteiger partial charge >= 0.3 is 5.97 Å². The Balaban J connectivity index is 2.67. The molecule has 79 heavy (non-hydrogen) atoms. The van der Waals surface area contributed by atoms with Crippen LogP contribution in [0.5, 0.6) is 0 Å². The highest BCUT2D eigenvalue weighted by Gasteiger charge is 2.47. The molecule has 1 rings (SSSR count). The Morgan fingerprint density at radius 2 is 0.911 bits per heavy atom. The minimum Gasteiger partial charge on any atom is -0.454 e. The summed E-state index contributed by atoms with van der Waals surface area (Å²) in [6.07, 6.45) is 64.1. The zero-order chi connectivity index (χ0) is 57.5. The molecule has 452 valence electrons. The van der Waals surface area contributed by atoms with Gasteiger partial charge in [0.05, 0.1) is 25.4 Å². The van der Waals surface area contributed by atoms with E-state index >= 15 is 0 Å². The van der Waals surface area contributed by atoms with E-state index in [4.69, 9.17) is 14.2 Å². The van der Waals surface area contributed by atoms with Gasteiger partial charge in [-0.25, -0.2) is 0 Å². The smallest absolute Gasteiger partial charge is 0.306 e. The molecule has 1 aliphatic rings. The van der Waals surface area contributed by atoms with Gasteiger partial charge in [0, 0.05) is 6.42 Å². The lowest BCUT2D eigenvalue weighted by atomic mass is 9.99. The number of allylic oxidation sites excluding steroid dienone is 17. The quantitative estimate of drug-likeness (QED) is 0.0195. The van der Waals surface area contributed by atoms with Gasteiger partial charge in [0.2, 0.25) is 5.91 Å². The first kappa shape index (κ1) is 73.3. The molecule has 0 bridgehead atoms. The number of ether oxygens (including phenoxy) is 3. The maximum absolute atomic E-state index is 13.4. The Kier molecular flexibility index (Phi) is 50.9. The first-order chi connectivity index (χ1) is 38.7. The third kappa shape index (κ3) is 42.8. The summed E-state index contributed by atoms with van der Waals surface area (Å²) in [6.45, 7) is 5.54. The molecule has 1 fully saturated rings. The number of rotatable bonds is 52. The molecular formula is C68H115NO10. The highest BCUT2D eigenvalue weighted by molar-refractivity contribution is 5.80. The second kappa shape index (κ2) is 54.9. The minimum absolute atomic E-state index is 0.107. The van der Waals surface area contributed by atoms with Crippen LogP contribution in [0.4, 0.5) is 0 Å². The molecule has 0 saturated carbocycles. The summed E-state index contributed by atoms with van der Waals surface area (Å²) in [5, 5.41) is 57.0. The number of nitrogens with one attached hydrogen (secondary N) is 1. The van der Waals surface area contributed by atoms with Gasteiger partial charge in [-0.2, -0.15) is 0 Å². The van der Waals surface area contributed by atoms with Crippen molar-refractivity contribution >= 4 is 11.9 Å². The van der Waals surface area contributed by atoms with Gasteiger partial charge in [0.1, 0.15) is 24.4 Å². The Morgan fingerprint density at radius 3 is 1.37 bits per heavy atom. The number of aliphatic hydroxyl groups excluding tert-OH is 5. The number of unbranched alkanes of at least 4 members (excludes halogenated alkanes) is 22. The maximum Gasteiger partial charge on any atom is 0.306 e. The monoisotopic (exact) mass is 1110 g/mol. The van der Waals surface area contributed by atoms with Crippen LogP contribution in [0, 0.1) is 0 Å². The molecule has 0 aromatic heterocycles. The SMILES string of the molecule is CC/C=C\C/C=C\C/C=C\C/C=C\C/C=C\C/C=C\CCCCCCCC(O)C(=O)NC(COC1OC(CO)C(O)C(O)C1OC(=O)CCCCCCCCC/C=C/C/C=C/CC)C(O)/C=C/CCCCCCCCCCCC. The predicted octanol–water partition coefficient (Wildman–Crippen LogP) is 15.3. The largest absolute Gasteiger partial charge is 0.454 e. The summed E-state index contributed by atoms with van der Waals surface area (Å²) in [7, 11) is 0. The predicted molar refractivity (Wildman–Crippen MR) is 328 cm³/mol. The number of hydrogen-bond donors (Lipinski definition) is 6. The first-order valence-electron chi connectivity index (χ1n) is 31.7. The molecule has 0 aromatic carbocycles. The summed E-state index contributed by atoms with van der Waals surface area (Å²) >= 11 is 0. The number of carbonyl (C=O) groups is 2. The van der Waals surface area contributed by atoms with E-state index in [2.05, 4.69) is 123 Å². The number of hydrogen-bond acceptors (Lipinski definition) is 10.